The van der Waals surface area contributed by atoms with Crippen LogP contribution in [0.4, 0.5) is 9.18 Å². The molecule has 0 aromatic heterocycles. The number of ether oxygens (including phenoxy) is 2. The Morgan fingerprint density at radius 2 is 1.86 bits per heavy atom. The maximum Gasteiger partial charge on any atom is 0.317 e. The molecule has 2 aromatic carbocycles. The Labute approximate surface area is 170 Å². The average Bonchev–Trinajstić information content (AvgIpc) is 3.22. The predicted molar refractivity (Wildman–Crippen MR) is 109 cm³/mol. The summed E-state index contributed by atoms with van der Waals surface area (Å²) in [6, 6.07) is 12.4. The van der Waals surface area contributed by atoms with Gasteiger partial charge in [-0.2, -0.15) is 0 Å². The van der Waals surface area contributed by atoms with Gasteiger partial charge in [0.15, 0.2) is 11.5 Å². The van der Waals surface area contributed by atoms with Gasteiger partial charge in [-0.25, -0.2) is 9.18 Å². The van der Waals surface area contributed by atoms with Crippen molar-refractivity contribution in [1.29, 1.82) is 0 Å². The Balaban J connectivity index is 1.43. The zero-order valence-corrected chi connectivity index (χ0v) is 16.9. The van der Waals surface area contributed by atoms with Crippen molar-refractivity contribution in [1.82, 2.24) is 10.2 Å². The Hall–Kier alpha value is -2.76. The van der Waals surface area contributed by atoms with Gasteiger partial charge in [-0.3, -0.25) is 0 Å². The second-order valence-electron chi connectivity index (χ2n) is 8.30. The van der Waals surface area contributed by atoms with E-state index in [1.807, 2.05) is 36.9 Å². The minimum Gasteiger partial charge on any atom is -0.486 e. The first kappa shape index (κ1) is 19.6. The fourth-order valence-electron chi connectivity index (χ4n) is 4.02. The highest BCUT2D eigenvalue weighted by atomic mass is 19.1. The number of halogens is 1. The van der Waals surface area contributed by atoms with Crippen LogP contribution in [0.3, 0.4) is 0 Å². The van der Waals surface area contributed by atoms with Crippen LogP contribution in [0.15, 0.2) is 42.5 Å². The van der Waals surface area contributed by atoms with Crippen LogP contribution in [0.25, 0.3) is 0 Å². The molecule has 2 heterocycles. The smallest absolute Gasteiger partial charge is 0.317 e. The van der Waals surface area contributed by atoms with Crippen molar-refractivity contribution in [2.45, 2.75) is 38.1 Å². The van der Waals surface area contributed by atoms with Crippen LogP contribution in [0.5, 0.6) is 11.5 Å². The van der Waals surface area contributed by atoms with Gasteiger partial charge in [-0.05, 0) is 48.2 Å². The molecule has 1 saturated heterocycles. The van der Waals surface area contributed by atoms with Gasteiger partial charge in [-0.15, -0.1) is 0 Å². The summed E-state index contributed by atoms with van der Waals surface area (Å²) in [5.74, 6) is 1.25. The number of nitrogens with zero attached hydrogens (tertiary/aromatic N) is 1. The summed E-state index contributed by atoms with van der Waals surface area (Å²) in [6.07, 6.45) is 1.89. The Bertz CT molecular complexity index is 882. The van der Waals surface area contributed by atoms with E-state index < -0.39 is 0 Å². The number of hydrogen-bond donors (Lipinski definition) is 1. The number of carbonyl (C=O) groups excluding carboxylic acids is 1. The van der Waals surface area contributed by atoms with Crippen molar-refractivity contribution in [3.05, 3.63) is 59.4 Å². The highest BCUT2D eigenvalue weighted by Crippen LogP contribution is 2.38. The number of fused-ring (bicyclic) bond motifs is 1. The molecule has 0 bridgehead atoms. The van der Waals surface area contributed by atoms with E-state index in [9.17, 15) is 9.18 Å². The number of benzene rings is 2. The standard InChI is InChI=1S/C23H27FN2O3/c1-23(2,17-6-8-18(24)9-7-17)15-25-22(27)26-11-3-4-19(26)16-5-10-20-21(14-16)29-13-12-28-20/h5-10,14,19H,3-4,11-13,15H2,1-2H3,(H,25,27). The first-order chi connectivity index (χ1) is 13.9. The van der Waals surface area contributed by atoms with Crippen LogP contribution in [0.2, 0.25) is 0 Å². The number of amides is 2. The van der Waals surface area contributed by atoms with Gasteiger partial charge < -0.3 is 19.7 Å². The van der Waals surface area contributed by atoms with Crippen molar-refractivity contribution in [3.8, 4) is 11.5 Å². The van der Waals surface area contributed by atoms with E-state index in [1.165, 1.54) is 12.1 Å². The second-order valence-corrected chi connectivity index (χ2v) is 8.30. The van der Waals surface area contributed by atoms with Gasteiger partial charge in [0, 0.05) is 18.5 Å². The molecule has 0 aliphatic carbocycles. The van der Waals surface area contributed by atoms with Crippen LogP contribution in [0.1, 0.15) is 43.9 Å². The van der Waals surface area contributed by atoms with E-state index >= 15 is 0 Å². The van der Waals surface area contributed by atoms with Crippen LogP contribution in [0, 0.1) is 5.82 Å². The molecular formula is C23H27FN2O3. The Kier molecular flexibility index (Phi) is 5.35. The second kappa shape index (κ2) is 7.93. The van der Waals surface area contributed by atoms with Crippen LogP contribution < -0.4 is 14.8 Å². The molecule has 0 radical (unpaired) electrons. The third-order valence-corrected chi connectivity index (χ3v) is 5.77. The molecule has 0 saturated carbocycles. The molecule has 1 fully saturated rings. The average molecular weight is 398 g/mol. The van der Waals surface area contributed by atoms with Crippen LogP contribution in [-0.2, 0) is 5.41 Å². The van der Waals surface area contributed by atoms with Gasteiger partial charge >= 0.3 is 6.03 Å². The molecule has 2 aliphatic heterocycles. The van der Waals surface area contributed by atoms with Crippen LogP contribution >= 0.6 is 0 Å². The largest absolute Gasteiger partial charge is 0.486 e. The summed E-state index contributed by atoms with van der Waals surface area (Å²) >= 11 is 0. The fourth-order valence-corrected chi connectivity index (χ4v) is 4.02. The monoisotopic (exact) mass is 398 g/mol. The molecule has 2 amide bonds. The molecule has 29 heavy (non-hydrogen) atoms. The lowest BCUT2D eigenvalue weighted by molar-refractivity contribution is 0.170. The third kappa shape index (κ3) is 4.16. The maximum atomic E-state index is 13.2. The highest BCUT2D eigenvalue weighted by Gasteiger charge is 2.32. The Morgan fingerprint density at radius 1 is 1.14 bits per heavy atom. The third-order valence-electron chi connectivity index (χ3n) is 5.77. The van der Waals surface area contributed by atoms with Gasteiger partial charge in [-0.1, -0.05) is 32.0 Å². The van der Waals surface area contributed by atoms with Gasteiger partial charge in [0.05, 0.1) is 6.04 Å². The fraction of sp³-hybridized carbons (Fsp3) is 0.435. The SMILES string of the molecule is CC(C)(CNC(=O)N1CCCC1c1ccc2c(c1)OCCO2)c1ccc(F)cc1. The number of carbonyl (C=O) groups is 1. The van der Waals surface area contributed by atoms with E-state index in [1.54, 1.807) is 12.1 Å². The Morgan fingerprint density at radius 3 is 2.62 bits per heavy atom. The molecule has 2 aliphatic rings. The number of urea groups is 1. The highest BCUT2D eigenvalue weighted by molar-refractivity contribution is 5.75. The van der Waals surface area contributed by atoms with Crippen molar-refractivity contribution in [3.63, 3.8) is 0 Å². The molecule has 2 aromatic rings. The summed E-state index contributed by atoms with van der Waals surface area (Å²) in [6.45, 7) is 6.40. The quantitative estimate of drug-likeness (QED) is 0.829. The summed E-state index contributed by atoms with van der Waals surface area (Å²) in [5.41, 5.74) is 1.76. The number of rotatable bonds is 4. The van der Waals surface area contributed by atoms with Crippen molar-refractivity contribution < 1.29 is 18.7 Å². The molecule has 4 rings (SSSR count). The topological polar surface area (TPSA) is 50.8 Å². The van der Waals surface area contributed by atoms with Crippen molar-refractivity contribution >= 4 is 6.03 Å². The van der Waals surface area contributed by atoms with Gasteiger partial charge in [0.25, 0.3) is 0 Å². The minimum absolute atomic E-state index is 0.0276. The predicted octanol–water partition coefficient (Wildman–Crippen LogP) is 4.42. The van der Waals surface area contributed by atoms with E-state index in [4.69, 9.17) is 9.47 Å². The maximum absolute atomic E-state index is 13.2. The lowest BCUT2D eigenvalue weighted by Gasteiger charge is -2.30. The van der Waals surface area contributed by atoms with E-state index in [-0.39, 0.29) is 23.3 Å². The van der Waals surface area contributed by atoms with Gasteiger partial charge in [0.2, 0.25) is 0 Å². The zero-order valence-electron chi connectivity index (χ0n) is 16.9. The first-order valence-electron chi connectivity index (χ1n) is 10.1. The van der Waals surface area contributed by atoms with Crippen LogP contribution in [-0.4, -0.2) is 37.2 Å². The summed E-state index contributed by atoms with van der Waals surface area (Å²) < 4.78 is 24.5. The lowest BCUT2D eigenvalue weighted by Crippen LogP contribution is -2.44. The number of hydrogen-bond acceptors (Lipinski definition) is 3. The first-order valence-corrected chi connectivity index (χ1v) is 10.1. The van der Waals surface area contributed by atoms with Gasteiger partial charge in [0.1, 0.15) is 19.0 Å². The van der Waals surface area contributed by atoms with Crippen molar-refractivity contribution in [2.24, 2.45) is 0 Å². The lowest BCUT2D eigenvalue weighted by atomic mass is 9.84. The summed E-state index contributed by atoms with van der Waals surface area (Å²) in [5, 5.41) is 3.08. The summed E-state index contributed by atoms with van der Waals surface area (Å²) in [7, 11) is 0. The van der Waals surface area contributed by atoms with E-state index in [2.05, 4.69) is 5.32 Å². The minimum atomic E-state index is -0.296. The zero-order chi connectivity index (χ0) is 20.4. The molecule has 1 N–H and O–H groups in total. The van der Waals surface area contributed by atoms with Crippen molar-refractivity contribution in [2.75, 3.05) is 26.3 Å². The molecule has 0 spiro atoms. The molecular weight excluding hydrogens is 371 g/mol. The molecule has 1 atom stereocenters. The molecule has 1 unspecified atom stereocenters. The van der Waals surface area contributed by atoms with E-state index in [0.29, 0.717) is 19.8 Å². The summed E-state index contributed by atoms with van der Waals surface area (Å²) in [4.78, 5) is 14.8. The molecule has 5 nitrogen and oxygen atoms in total. The molecule has 154 valence electrons. The molecule has 6 heteroatoms. The number of nitrogens with one attached hydrogen (secondary N) is 1. The normalized spacial score (nSPS) is 18.6. The van der Waals surface area contributed by atoms with E-state index in [0.717, 1.165) is 42.0 Å². The number of likely N-dealkylation sites (tertiary alicyclic amines) is 1.